The molecule has 1 saturated heterocycles. The lowest BCUT2D eigenvalue weighted by molar-refractivity contribution is 0.0188. The molecule has 0 saturated carbocycles. The molecule has 2 amide bonds. The molecule has 6 heteroatoms. The Morgan fingerprint density at radius 2 is 2.26 bits per heavy atom. The molecule has 3 N–H and O–H groups in total. The van der Waals surface area contributed by atoms with E-state index in [0.29, 0.717) is 26.3 Å². The van der Waals surface area contributed by atoms with Crippen LogP contribution >= 0.6 is 0 Å². The molecular formula is C13H19N3O3. The van der Waals surface area contributed by atoms with Gasteiger partial charge in [0, 0.05) is 18.8 Å². The maximum absolute atomic E-state index is 12.2. The second-order valence-electron chi connectivity index (χ2n) is 4.32. The number of carbonyl (C=O) groups excluding carboxylic acids is 1. The minimum absolute atomic E-state index is 0.0630. The minimum atomic E-state index is -0.149. The lowest BCUT2D eigenvalue weighted by Gasteiger charge is -2.34. The van der Waals surface area contributed by atoms with Crippen LogP contribution in [0.15, 0.2) is 24.3 Å². The maximum Gasteiger partial charge on any atom is 0.322 e. The van der Waals surface area contributed by atoms with Crippen LogP contribution in [0.25, 0.3) is 0 Å². The molecule has 19 heavy (non-hydrogen) atoms. The van der Waals surface area contributed by atoms with Gasteiger partial charge in [0.2, 0.25) is 0 Å². The second-order valence-corrected chi connectivity index (χ2v) is 4.32. The number of ether oxygens (including phenoxy) is 2. The average molecular weight is 265 g/mol. The first-order valence-corrected chi connectivity index (χ1v) is 6.24. The maximum atomic E-state index is 12.2. The van der Waals surface area contributed by atoms with Gasteiger partial charge >= 0.3 is 6.03 Å². The van der Waals surface area contributed by atoms with Crippen molar-refractivity contribution in [3.05, 3.63) is 24.3 Å². The molecule has 1 aliphatic rings. The number of nitrogens with one attached hydrogen (secondary N) is 1. The molecule has 0 spiro atoms. The molecular weight excluding hydrogens is 246 g/mol. The number of hydrogen-bond acceptors (Lipinski definition) is 4. The van der Waals surface area contributed by atoms with Crippen molar-refractivity contribution in [3.63, 3.8) is 0 Å². The van der Waals surface area contributed by atoms with Gasteiger partial charge in [-0.1, -0.05) is 0 Å². The molecule has 1 fully saturated rings. The van der Waals surface area contributed by atoms with Crippen LogP contribution in [0, 0.1) is 0 Å². The molecule has 0 aliphatic carbocycles. The number of hydrogen-bond donors (Lipinski definition) is 2. The molecule has 6 nitrogen and oxygen atoms in total. The Labute approximate surface area is 112 Å². The summed E-state index contributed by atoms with van der Waals surface area (Å²) in [5.41, 5.74) is 6.37. The third kappa shape index (κ3) is 3.36. The number of carbonyl (C=O) groups is 1. The van der Waals surface area contributed by atoms with Crippen LogP contribution in [0.5, 0.6) is 5.75 Å². The molecule has 1 heterocycles. The smallest absolute Gasteiger partial charge is 0.322 e. The van der Waals surface area contributed by atoms with Crippen LogP contribution in [-0.4, -0.2) is 50.4 Å². The number of morpholine rings is 1. The molecule has 0 aromatic heterocycles. The van der Waals surface area contributed by atoms with Gasteiger partial charge in [0.05, 0.1) is 26.4 Å². The zero-order valence-electron chi connectivity index (χ0n) is 11.0. The largest absolute Gasteiger partial charge is 0.497 e. The molecule has 0 radical (unpaired) electrons. The minimum Gasteiger partial charge on any atom is -0.497 e. The zero-order chi connectivity index (χ0) is 13.7. The summed E-state index contributed by atoms with van der Waals surface area (Å²) >= 11 is 0. The van der Waals surface area contributed by atoms with Gasteiger partial charge in [-0.05, 0) is 24.3 Å². The third-order valence-electron chi connectivity index (χ3n) is 3.10. The number of anilines is 1. The standard InChI is InChI=1S/C13H19N3O3/c1-18-12-4-2-10(3-5-12)15-13(17)16-6-7-19-9-11(16)8-14/h2-5,11H,6-9,14H2,1H3,(H,15,17). The Bertz CT molecular complexity index is 422. The van der Waals surface area contributed by atoms with Crippen LogP contribution in [0.1, 0.15) is 0 Å². The predicted octanol–water partition coefficient (Wildman–Crippen LogP) is 0.887. The van der Waals surface area contributed by atoms with E-state index >= 15 is 0 Å². The van der Waals surface area contributed by atoms with Gasteiger partial charge in [-0.3, -0.25) is 0 Å². The van der Waals surface area contributed by atoms with Crippen LogP contribution in [0.3, 0.4) is 0 Å². The van der Waals surface area contributed by atoms with Crippen LogP contribution < -0.4 is 15.8 Å². The van der Waals surface area contributed by atoms with E-state index in [2.05, 4.69) is 5.32 Å². The van der Waals surface area contributed by atoms with E-state index < -0.39 is 0 Å². The summed E-state index contributed by atoms with van der Waals surface area (Å²) in [5, 5.41) is 2.85. The summed E-state index contributed by atoms with van der Waals surface area (Å²) in [6.45, 7) is 2.00. The van der Waals surface area contributed by atoms with E-state index in [1.54, 1.807) is 36.3 Å². The Kier molecular flexibility index (Phi) is 4.59. The molecule has 0 bridgehead atoms. The number of amides is 2. The Morgan fingerprint density at radius 1 is 1.53 bits per heavy atom. The van der Waals surface area contributed by atoms with Crippen molar-refractivity contribution in [2.45, 2.75) is 6.04 Å². The predicted molar refractivity (Wildman–Crippen MR) is 72.4 cm³/mol. The monoisotopic (exact) mass is 265 g/mol. The van der Waals surface area contributed by atoms with Gasteiger partial charge < -0.3 is 25.4 Å². The van der Waals surface area contributed by atoms with Crippen molar-refractivity contribution in [2.24, 2.45) is 5.73 Å². The summed E-state index contributed by atoms with van der Waals surface area (Å²) in [7, 11) is 1.60. The molecule has 1 unspecified atom stereocenters. The summed E-state index contributed by atoms with van der Waals surface area (Å²) in [6, 6.07) is 6.99. The van der Waals surface area contributed by atoms with E-state index in [9.17, 15) is 4.79 Å². The van der Waals surface area contributed by atoms with Crippen molar-refractivity contribution in [1.29, 1.82) is 0 Å². The Balaban J connectivity index is 1.98. The van der Waals surface area contributed by atoms with Gasteiger partial charge in [0.25, 0.3) is 0 Å². The van der Waals surface area contributed by atoms with E-state index in [0.717, 1.165) is 11.4 Å². The number of nitrogens with zero attached hydrogens (tertiary/aromatic N) is 1. The fraction of sp³-hybridized carbons (Fsp3) is 0.462. The lowest BCUT2D eigenvalue weighted by atomic mass is 10.2. The molecule has 1 aromatic carbocycles. The average Bonchev–Trinajstić information content (AvgIpc) is 2.48. The number of benzene rings is 1. The number of rotatable bonds is 3. The quantitative estimate of drug-likeness (QED) is 0.850. The van der Waals surface area contributed by atoms with Gasteiger partial charge in [-0.2, -0.15) is 0 Å². The van der Waals surface area contributed by atoms with E-state index in [1.165, 1.54) is 0 Å². The summed E-state index contributed by atoms with van der Waals surface area (Å²) in [5.74, 6) is 0.754. The van der Waals surface area contributed by atoms with Crippen LogP contribution in [0.4, 0.5) is 10.5 Å². The van der Waals surface area contributed by atoms with E-state index in [-0.39, 0.29) is 12.1 Å². The lowest BCUT2D eigenvalue weighted by Crippen LogP contribution is -2.53. The highest BCUT2D eigenvalue weighted by Gasteiger charge is 2.26. The summed E-state index contributed by atoms with van der Waals surface area (Å²) in [4.78, 5) is 13.9. The fourth-order valence-corrected chi connectivity index (χ4v) is 1.99. The molecule has 1 aliphatic heterocycles. The first kappa shape index (κ1) is 13.6. The number of urea groups is 1. The molecule has 1 aromatic rings. The Hall–Kier alpha value is -1.79. The normalized spacial score (nSPS) is 19.1. The first-order chi connectivity index (χ1) is 9.24. The van der Waals surface area contributed by atoms with Crippen molar-refractivity contribution >= 4 is 11.7 Å². The molecule has 1 atom stereocenters. The van der Waals surface area contributed by atoms with Gasteiger partial charge in [0.15, 0.2) is 0 Å². The highest BCUT2D eigenvalue weighted by molar-refractivity contribution is 5.89. The molecule has 2 rings (SSSR count). The number of methoxy groups -OCH3 is 1. The van der Waals surface area contributed by atoms with E-state index in [4.69, 9.17) is 15.2 Å². The zero-order valence-corrected chi connectivity index (χ0v) is 11.0. The fourth-order valence-electron chi connectivity index (χ4n) is 1.99. The SMILES string of the molecule is COc1ccc(NC(=O)N2CCOCC2CN)cc1. The highest BCUT2D eigenvalue weighted by atomic mass is 16.5. The Morgan fingerprint density at radius 3 is 2.89 bits per heavy atom. The van der Waals surface area contributed by atoms with Crippen molar-refractivity contribution in [1.82, 2.24) is 4.90 Å². The second kappa shape index (κ2) is 6.40. The summed E-state index contributed by atoms with van der Waals surface area (Å²) < 4.78 is 10.4. The van der Waals surface area contributed by atoms with Crippen molar-refractivity contribution in [3.8, 4) is 5.75 Å². The highest BCUT2D eigenvalue weighted by Crippen LogP contribution is 2.16. The van der Waals surface area contributed by atoms with Gasteiger partial charge in [-0.25, -0.2) is 4.79 Å². The first-order valence-electron chi connectivity index (χ1n) is 6.24. The topological polar surface area (TPSA) is 76.8 Å². The van der Waals surface area contributed by atoms with Crippen molar-refractivity contribution in [2.75, 3.05) is 38.7 Å². The van der Waals surface area contributed by atoms with E-state index in [1.807, 2.05) is 0 Å². The summed E-state index contributed by atoms with van der Waals surface area (Å²) in [6.07, 6.45) is 0. The third-order valence-corrected chi connectivity index (χ3v) is 3.10. The van der Waals surface area contributed by atoms with Gasteiger partial charge in [-0.15, -0.1) is 0 Å². The van der Waals surface area contributed by atoms with Crippen molar-refractivity contribution < 1.29 is 14.3 Å². The van der Waals surface area contributed by atoms with Crippen LogP contribution in [0.2, 0.25) is 0 Å². The van der Waals surface area contributed by atoms with Gasteiger partial charge in [0.1, 0.15) is 5.75 Å². The van der Waals surface area contributed by atoms with Crippen LogP contribution in [-0.2, 0) is 4.74 Å². The number of nitrogens with two attached hydrogens (primary N) is 1. The molecule has 104 valence electrons.